The number of allylic oxidation sites excluding steroid dienone is 2. The molecule has 1 aromatic carbocycles. The minimum absolute atomic E-state index is 0.243. The topological polar surface area (TPSA) is 125 Å². The zero-order valence-corrected chi connectivity index (χ0v) is 18.9. The van der Waals surface area contributed by atoms with Crippen molar-refractivity contribution in [3.05, 3.63) is 76.5 Å². The lowest BCUT2D eigenvalue weighted by Crippen LogP contribution is -2.18. The molecule has 2 bridgehead atoms. The minimum Gasteiger partial charge on any atom is -0.482 e. The van der Waals surface area contributed by atoms with E-state index in [4.69, 9.17) is 31.9 Å². The molecule has 1 aliphatic heterocycles. The van der Waals surface area contributed by atoms with Crippen molar-refractivity contribution in [2.75, 3.05) is 18.8 Å². The minimum atomic E-state index is -0.524. The zero-order chi connectivity index (χ0) is 23.5. The standard InChI is InChI=1S/C25H29FN6O/c1-14(28)21-13-30-22(7-8-27)19-6-5-18(26)10-20(19)15(2)33-23-9-17(12-32-25(23)29)24(21)31-11-16-3-4-16/h5-10,12,15-16H,3-4,11,13,27-28H2,1-2H3,(H2,29,32)/t15-/m1/s1. The second kappa shape index (κ2) is 9.44. The molecule has 1 saturated carbocycles. The summed E-state index contributed by atoms with van der Waals surface area (Å²) in [6.07, 6.45) is 6.61. The maximum absolute atomic E-state index is 14.2. The fourth-order valence-corrected chi connectivity index (χ4v) is 3.79. The Bertz CT molecular complexity index is 1180. The van der Waals surface area contributed by atoms with Gasteiger partial charge in [0, 0.05) is 40.7 Å². The van der Waals surface area contributed by atoms with Gasteiger partial charge in [0.2, 0.25) is 0 Å². The van der Waals surface area contributed by atoms with Crippen molar-refractivity contribution in [1.29, 1.82) is 0 Å². The molecule has 1 atom stereocenters. The van der Waals surface area contributed by atoms with Crippen LogP contribution in [0.25, 0.3) is 0 Å². The molecule has 0 spiro atoms. The van der Waals surface area contributed by atoms with Gasteiger partial charge in [0.15, 0.2) is 11.6 Å². The van der Waals surface area contributed by atoms with Crippen LogP contribution in [0.5, 0.6) is 5.75 Å². The van der Waals surface area contributed by atoms with Crippen LogP contribution in [-0.4, -0.2) is 29.5 Å². The second-order valence-corrected chi connectivity index (χ2v) is 8.45. The molecule has 1 aliphatic carbocycles. The number of nitrogens with two attached hydrogens (primary N) is 3. The van der Waals surface area contributed by atoms with Crippen LogP contribution in [0.4, 0.5) is 10.2 Å². The molecule has 1 aromatic heterocycles. The van der Waals surface area contributed by atoms with Crippen LogP contribution in [0.2, 0.25) is 0 Å². The van der Waals surface area contributed by atoms with Crippen LogP contribution in [0.15, 0.2) is 64.0 Å². The fraction of sp³-hybridized carbons (Fsp3) is 0.320. The van der Waals surface area contributed by atoms with E-state index in [0.29, 0.717) is 40.7 Å². The van der Waals surface area contributed by atoms with Crippen LogP contribution in [0, 0.1) is 11.7 Å². The molecule has 0 radical (unpaired) electrons. The van der Waals surface area contributed by atoms with E-state index in [1.165, 1.54) is 31.2 Å². The zero-order valence-electron chi connectivity index (χ0n) is 18.9. The van der Waals surface area contributed by atoms with Crippen LogP contribution in [0.1, 0.15) is 49.5 Å². The summed E-state index contributed by atoms with van der Waals surface area (Å²) >= 11 is 0. The monoisotopic (exact) mass is 448 g/mol. The summed E-state index contributed by atoms with van der Waals surface area (Å²) in [5.41, 5.74) is 23.0. The highest BCUT2D eigenvalue weighted by Gasteiger charge is 2.24. The molecule has 0 unspecified atom stereocenters. The Kier molecular flexibility index (Phi) is 6.44. The lowest BCUT2D eigenvalue weighted by Gasteiger charge is -2.22. The number of fused-ring (bicyclic) bond motifs is 3. The summed E-state index contributed by atoms with van der Waals surface area (Å²) < 4.78 is 20.4. The molecule has 6 N–H and O–H groups in total. The van der Waals surface area contributed by atoms with Crippen molar-refractivity contribution < 1.29 is 9.13 Å². The van der Waals surface area contributed by atoms with Gasteiger partial charge >= 0.3 is 0 Å². The third-order valence-electron chi connectivity index (χ3n) is 5.81. The Morgan fingerprint density at radius 2 is 2.09 bits per heavy atom. The molecule has 8 heteroatoms. The van der Waals surface area contributed by atoms with Crippen LogP contribution in [-0.2, 0) is 0 Å². The molecule has 33 heavy (non-hydrogen) atoms. The van der Waals surface area contributed by atoms with E-state index in [1.54, 1.807) is 18.3 Å². The van der Waals surface area contributed by atoms with Crippen LogP contribution < -0.4 is 21.9 Å². The summed E-state index contributed by atoms with van der Waals surface area (Å²) in [5, 5.41) is 0. The number of aliphatic imine (C=N–C) groups is 2. The summed E-state index contributed by atoms with van der Waals surface area (Å²) in [6.45, 7) is 4.65. The predicted octanol–water partition coefficient (Wildman–Crippen LogP) is 3.65. The molecule has 2 aromatic rings. The molecule has 1 fully saturated rings. The van der Waals surface area contributed by atoms with Crippen molar-refractivity contribution in [1.82, 2.24) is 4.98 Å². The maximum Gasteiger partial charge on any atom is 0.166 e. The number of rotatable bonds is 3. The number of halogens is 1. The number of aromatic nitrogens is 1. The molecular weight excluding hydrogens is 419 g/mol. The lowest BCUT2D eigenvalue weighted by molar-refractivity contribution is 0.227. The first-order valence-electron chi connectivity index (χ1n) is 11.0. The van der Waals surface area contributed by atoms with Gasteiger partial charge in [-0.2, -0.15) is 0 Å². The van der Waals surface area contributed by atoms with Crippen molar-refractivity contribution >= 4 is 17.2 Å². The molecule has 2 heterocycles. The number of pyridine rings is 1. The van der Waals surface area contributed by atoms with Gasteiger partial charge in [0.1, 0.15) is 11.9 Å². The Hall–Kier alpha value is -3.68. The van der Waals surface area contributed by atoms with E-state index in [1.807, 2.05) is 19.9 Å². The van der Waals surface area contributed by atoms with E-state index >= 15 is 0 Å². The number of ether oxygens (including phenoxy) is 1. The summed E-state index contributed by atoms with van der Waals surface area (Å²) in [5.74, 6) is 0.862. The van der Waals surface area contributed by atoms with E-state index < -0.39 is 6.10 Å². The largest absolute Gasteiger partial charge is 0.482 e. The molecule has 172 valence electrons. The van der Waals surface area contributed by atoms with Crippen LogP contribution >= 0.6 is 0 Å². The molecule has 4 rings (SSSR count). The molecule has 0 saturated heterocycles. The Balaban J connectivity index is 1.94. The highest BCUT2D eigenvalue weighted by Crippen LogP contribution is 2.32. The van der Waals surface area contributed by atoms with E-state index in [2.05, 4.69) is 4.98 Å². The van der Waals surface area contributed by atoms with Crippen molar-refractivity contribution in [2.45, 2.75) is 32.8 Å². The predicted molar refractivity (Wildman–Crippen MR) is 130 cm³/mol. The van der Waals surface area contributed by atoms with Gasteiger partial charge in [-0.25, -0.2) is 9.37 Å². The quantitative estimate of drug-likeness (QED) is 0.661. The molecule has 7 nitrogen and oxygen atoms in total. The average molecular weight is 449 g/mol. The fourth-order valence-electron chi connectivity index (χ4n) is 3.79. The van der Waals surface area contributed by atoms with Crippen molar-refractivity contribution in [3.8, 4) is 5.75 Å². The van der Waals surface area contributed by atoms with Gasteiger partial charge in [-0.05, 0) is 69.1 Å². The average Bonchev–Trinajstić information content (AvgIpc) is 3.60. The Morgan fingerprint density at radius 1 is 1.30 bits per heavy atom. The SMILES string of the molecule is CC(N)=C1CN=C(C=CN)c2ccc(F)cc2[C@@H](C)Oc2cc(cnc2N)C1=NCC1CC1. The smallest absolute Gasteiger partial charge is 0.166 e. The first-order valence-corrected chi connectivity index (χ1v) is 11.0. The van der Waals surface area contributed by atoms with Crippen molar-refractivity contribution in [3.63, 3.8) is 0 Å². The van der Waals surface area contributed by atoms with Gasteiger partial charge in [-0.15, -0.1) is 0 Å². The molecule has 2 aliphatic rings. The highest BCUT2D eigenvalue weighted by atomic mass is 19.1. The van der Waals surface area contributed by atoms with E-state index in [9.17, 15) is 4.39 Å². The van der Waals surface area contributed by atoms with Gasteiger partial charge in [-0.3, -0.25) is 9.98 Å². The third-order valence-corrected chi connectivity index (χ3v) is 5.81. The van der Waals surface area contributed by atoms with Gasteiger partial charge < -0.3 is 21.9 Å². The van der Waals surface area contributed by atoms with Gasteiger partial charge in [-0.1, -0.05) is 0 Å². The first-order chi connectivity index (χ1) is 15.9. The summed E-state index contributed by atoms with van der Waals surface area (Å²) in [6, 6.07) is 6.32. The van der Waals surface area contributed by atoms with Gasteiger partial charge in [0.05, 0.1) is 18.0 Å². The maximum atomic E-state index is 14.2. The Labute approximate surface area is 193 Å². The number of hydrogen-bond donors (Lipinski definition) is 3. The number of benzene rings is 1. The number of hydrogen-bond acceptors (Lipinski definition) is 7. The summed E-state index contributed by atoms with van der Waals surface area (Å²) in [7, 11) is 0. The summed E-state index contributed by atoms with van der Waals surface area (Å²) in [4.78, 5) is 14.1. The normalized spacial score (nSPS) is 21.6. The third kappa shape index (κ3) is 5.05. The lowest BCUT2D eigenvalue weighted by atomic mass is 9.97. The number of anilines is 1. The van der Waals surface area contributed by atoms with Gasteiger partial charge in [0.25, 0.3) is 0 Å². The number of nitrogens with zero attached hydrogens (tertiary/aromatic N) is 3. The molecule has 0 amide bonds. The first kappa shape index (κ1) is 22.5. The number of nitrogen functional groups attached to an aromatic ring is 1. The van der Waals surface area contributed by atoms with E-state index in [-0.39, 0.29) is 18.2 Å². The second-order valence-electron chi connectivity index (χ2n) is 8.45. The Morgan fingerprint density at radius 3 is 2.79 bits per heavy atom. The van der Waals surface area contributed by atoms with Crippen molar-refractivity contribution in [2.24, 2.45) is 27.4 Å². The van der Waals surface area contributed by atoms with E-state index in [0.717, 1.165) is 16.8 Å². The van der Waals surface area contributed by atoms with Crippen LogP contribution in [0.3, 0.4) is 0 Å². The highest BCUT2D eigenvalue weighted by molar-refractivity contribution is 6.14. The molecular formula is C25H29FN6O.